The third-order valence-electron chi connectivity index (χ3n) is 4.49. The van der Waals surface area contributed by atoms with Crippen LogP contribution in [0, 0.1) is 23.3 Å². The summed E-state index contributed by atoms with van der Waals surface area (Å²) in [5, 5.41) is 0. The molecule has 0 radical (unpaired) electrons. The Bertz CT molecular complexity index is 1330. The second-order valence-corrected chi connectivity index (χ2v) is 8.30. The van der Waals surface area contributed by atoms with Crippen molar-refractivity contribution in [3.05, 3.63) is 34.7 Å². The molecule has 1 aromatic carbocycles. The van der Waals surface area contributed by atoms with E-state index >= 15 is 0 Å². The van der Waals surface area contributed by atoms with Crippen LogP contribution in [0.2, 0.25) is 0 Å². The van der Waals surface area contributed by atoms with Crippen LogP contribution in [0.15, 0.2) is 10.7 Å². The van der Waals surface area contributed by atoms with Gasteiger partial charge in [0.1, 0.15) is 15.0 Å². The van der Waals surface area contributed by atoms with Crippen molar-refractivity contribution in [1.29, 1.82) is 0 Å². The number of benzene rings is 1. The summed E-state index contributed by atoms with van der Waals surface area (Å²) >= 11 is 0. The zero-order valence-electron chi connectivity index (χ0n) is 18.1. The SMILES string of the molecule is O=S(=O)([O-])c1c(F)c(F)c(F)c(F)c1C(F)=C(F)C(F)(F)C(F)(F)C(F)(F)C(F)(F)C(F)(F)C(F)(F)C(F)(F)F.[Na+]. The van der Waals surface area contributed by atoms with Gasteiger partial charge in [-0.05, 0) is 0 Å². The van der Waals surface area contributed by atoms with Gasteiger partial charge >= 0.3 is 71.3 Å². The smallest absolute Gasteiger partial charge is 0.744 e. The molecule has 0 fully saturated rings. The minimum absolute atomic E-state index is 0. The Morgan fingerprint density at radius 1 is 0.537 bits per heavy atom. The number of rotatable bonds is 8. The normalized spacial score (nSPS) is 15.5. The molecule has 0 aliphatic carbocycles. The third kappa shape index (κ3) is 5.47. The van der Waals surface area contributed by atoms with Gasteiger partial charge in [0.15, 0.2) is 29.1 Å². The first kappa shape index (κ1) is 39.4. The molecule has 1 rings (SSSR count). The van der Waals surface area contributed by atoms with Gasteiger partial charge in [0.05, 0.1) is 5.56 Å². The van der Waals surface area contributed by atoms with E-state index in [2.05, 4.69) is 0 Å². The number of allylic oxidation sites excluding steroid dienone is 1. The molecule has 0 spiro atoms. The molecule has 0 aliphatic heterocycles. The molecule has 0 saturated carbocycles. The van der Waals surface area contributed by atoms with Crippen LogP contribution in [0.3, 0.4) is 0 Å². The van der Waals surface area contributed by atoms with Gasteiger partial charge in [-0.2, -0.15) is 65.9 Å². The summed E-state index contributed by atoms with van der Waals surface area (Å²) in [6.45, 7) is 0. The summed E-state index contributed by atoms with van der Waals surface area (Å²) in [5.41, 5.74) is -3.77. The molecule has 232 valence electrons. The van der Waals surface area contributed by atoms with Gasteiger partial charge in [0.25, 0.3) is 0 Å². The Morgan fingerprint density at radius 3 is 1.20 bits per heavy atom. The van der Waals surface area contributed by atoms with E-state index in [0.717, 1.165) is 0 Å². The van der Waals surface area contributed by atoms with Crippen LogP contribution < -0.4 is 29.6 Å². The summed E-state index contributed by atoms with van der Waals surface area (Å²) in [7, 11) is -7.09. The molecule has 3 nitrogen and oxygen atoms in total. The maximum absolute atomic E-state index is 14.1. The van der Waals surface area contributed by atoms with Crippen LogP contribution in [0.25, 0.3) is 5.83 Å². The number of hydrogen-bond donors (Lipinski definition) is 0. The van der Waals surface area contributed by atoms with E-state index in [1.165, 1.54) is 0 Å². The van der Waals surface area contributed by atoms with Crippen molar-refractivity contribution >= 4 is 15.9 Å². The van der Waals surface area contributed by atoms with Gasteiger partial charge in [-0.15, -0.1) is 0 Å². The number of halogens is 21. The first-order valence-electron chi connectivity index (χ1n) is 8.42. The zero-order chi connectivity index (χ0) is 32.6. The Labute approximate surface area is 232 Å². The number of hydrogen-bond acceptors (Lipinski definition) is 3. The molecule has 0 amide bonds. The summed E-state index contributed by atoms with van der Waals surface area (Å²) < 4.78 is 311. The van der Waals surface area contributed by atoms with Crippen LogP contribution in [0.1, 0.15) is 5.56 Å². The average Bonchev–Trinajstić information content (AvgIpc) is 2.76. The van der Waals surface area contributed by atoms with Crippen molar-refractivity contribution < 1.29 is 135 Å². The van der Waals surface area contributed by atoms with Gasteiger partial charge in [-0.3, -0.25) is 0 Å². The fourth-order valence-electron chi connectivity index (χ4n) is 2.39. The van der Waals surface area contributed by atoms with Crippen LogP contribution in [-0.4, -0.2) is 54.7 Å². The summed E-state index contributed by atoms with van der Waals surface area (Å²) in [6, 6.07) is 0. The maximum Gasteiger partial charge on any atom is 1.00 e. The minimum atomic E-state index is -9.01. The fraction of sp³-hybridized carbons (Fsp3) is 0.467. The molecule has 0 bridgehead atoms. The molecule has 0 N–H and O–H groups in total. The second kappa shape index (κ2) is 10.8. The monoisotopic (exact) mass is 682 g/mol. The van der Waals surface area contributed by atoms with Crippen molar-refractivity contribution in [3.63, 3.8) is 0 Å². The van der Waals surface area contributed by atoms with Crippen LogP contribution in [0.4, 0.5) is 92.2 Å². The largest absolute Gasteiger partial charge is 1.00 e. The first-order valence-corrected chi connectivity index (χ1v) is 9.83. The molecular formula is C15F21NaO3S. The minimum Gasteiger partial charge on any atom is -0.744 e. The molecular weight excluding hydrogens is 682 g/mol. The first-order chi connectivity index (χ1) is 17.2. The van der Waals surface area contributed by atoms with Gasteiger partial charge < -0.3 is 4.55 Å². The maximum atomic E-state index is 14.1. The van der Waals surface area contributed by atoms with Gasteiger partial charge in [0.2, 0.25) is 5.83 Å². The predicted octanol–water partition coefficient (Wildman–Crippen LogP) is 4.13. The van der Waals surface area contributed by atoms with Gasteiger partial charge in [-0.25, -0.2) is 34.8 Å². The van der Waals surface area contributed by atoms with Gasteiger partial charge in [0, 0.05) is 0 Å². The molecule has 0 aromatic heterocycles. The molecule has 41 heavy (non-hydrogen) atoms. The standard InChI is InChI=1S/C15HF21O3S.Na/c16-2-1(7(40(37,38)39)6(20)5(19)4(2)18)3(17)8(21)9(22,23)10(24,25)11(26,27)12(28,29)13(30,31)14(32,33)15(34,35)36;/h(H,37,38,39);/q;+1/p-1. The van der Waals surface area contributed by atoms with E-state index in [1.807, 2.05) is 0 Å². The Kier molecular flexibility index (Phi) is 10.4. The van der Waals surface area contributed by atoms with Crippen molar-refractivity contribution in [1.82, 2.24) is 0 Å². The van der Waals surface area contributed by atoms with E-state index < -0.39 is 97.2 Å². The van der Waals surface area contributed by atoms with Crippen molar-refractivity contribution in [3.8, 4) is 0 Å². The van der Waals surface area contributed by atoms with E-state index in [4.69, 9.17) is 0 Å². The van der Waals surface area contributed by atoms with Crippen LogP contribution in [0.5, 0.6) is 0 Å². The summed E-state index contributed by atoms with van der Waals surface area (Å²) in [5.74, 6) is -76.7. The zero-order valence-corrected chi connectivity index (χ0v) is 20.9. The molecule has 0 unspecified atom stereocenters. The Balaban J connectivity index is 0.0000160. The van der Waals surface area contributed by atoms with Crippen LogP contribution in [-0.2, 0) is 10.1 Å². The Morgan fingerprint density at radius 2 is 0.854 bits per heavy atom. The Hall–Kier alpha value is -1.60. The molecule has 1 aromatic rings. The molecule has 26 heteroatoms. The molecule has 0 heterocycles. The second-order valence-electron chi connectivity index (χ2n) is 6.99. The topological polar surface area (TPSA) is 57.2 Å². The predicted molar refractivity (Wildman–Crippen MR) is 79.1 cm³/mol. The van der Waals surface area contributed by atoms with Crippen molar-refractivity contribution in [2.75, 3.05) is 0 Å². The van der Waals surface area contributed by atoms with Gasteiger partial charge in [-0.1, -0.05) is 0 Å². The number of alkyl halides is 15. The fourth-order valence-corrected chi connectivity index (χ4v) is 3.13. The van der Waals surface area contributed by atoms with E-state index in [9.17, 15) is 105 Å². The van der Waals surface area contributed by atoms with E-state index in [1.54, 1.807) is 0 Å². The summed E-state index contributed by atoms with van der Waals surface area (Å²) in [6.07, 6.45) is -8.00. The van der Waals surface area contributed by atoms with E-state index in [0.29, 0.717) is 0 Å². The van der Waals surface area contributed by atoms with Crippen molar-refractivity contribution in [2.45, 2.75) is 46.6 Å². The summed E-state index contributed by atoms with van der Waals surface area (Å²) in [4.78, 5) is -3.59. The van der Waals surface area contributed by atoms with Crippen LogP contribution >= 0.6 is 0 Å². The van der Waals surface area contributed by atoms with E-state index in [-0.39, 0.29) is 29.6 Å². The average molecular weight is 682 g/mol. The van der Waals surface area contributed by atoms with Crippen molar-refractivity contribution in [2.24, 2.45) is 0 Å². The quantitative estimate of drug-likeness (QED) is 0.136. The molecule has 0 saturated heterocycles. The molecule has 0 aliphatic rings. The molecule has 0 atom stereocenters. The third-order valence-corrected chi connectivity index (χ3v) is 5.37.